The summed E-state index contributed by atoms with van der Waals surface area (Å²) >= 11 is 5.93. The monoisotopic (exact) mass is 433 g/mol. The number of nitrogens with one attached hydrogen (secondary N) is 2. The van der Waals surface area contributed by atoms with Crippen LogP contribution in [0.2, 0.25) is 5.02 Å². The highest BCUT2D eigenvalue weighted by molar-refractivity contribution is 6.30. The van der Waals surface area contributed by atoms with Gasteiger partial charge in [0.1, 0.15) is 12.1 Å². The number of nitrogens with zero attached hydrogens (tertiary/aromatic N) is 3. The molecular formula is C23H20ClN5O2. The van der Waals surface area contributed by atoms with Crippen molar-refractivity contribution < 1.29 is 9.53 Å². The standard InChI is InChI=1S/C23H20ClN5O2/c1-29(2)18-8-11-20-21(13-18)25-14-26-22(20)31-19-9-6-16(7-10-19)27-23(30)28-17-5-3-4-15(24)12-17/h3-14H,1-2H3,(H2,27,28,30). The van der Waals surface area contributed by atoms with E-state index in [9.17, 15) is 4.79 Å². The van der Waals surface area contributed by atoms with Gasteiger partial charge in [0.05, 0.1) is 10.9 Å². The summed E-state index contributed by atoms with van der Waals surface area (Å²) in [4.78, 5) is 22.8. The maximum absolute atomic E-state index is 12.2. The van der Waals surface area contributed by atoms with E-state index in [1.165, 1.54) is 6.33 Å². The quantitative estimate of drug-likeness (QED) is 0.416. The molecule has 0 atom stereocenters. The van der Waals surface area contributed by atoms with Crippen molar-refractivity contribution in [2.24, 2.45) is 0 Å². The van der Waals surface area contributed by atoms with Crippen LogP contribution >= 0.6 is 11.6 Å². The Labute approximate surface area is 184 Å². The van der Waals surface area contributed by atoms with Crippen LogP contribution in [-0.4, -0.2) is 30.1 Å². The summed E-state index contributed by atoms with van der Waals surface area (Å²) in [6.45, 7) is 0. The minimum Gasteiger partial charge on any atom is -0.438 e. The van der Waals surface area contributed by atoms with Crippen molar-refractivity contribution >= 4 is 45.6 Å². The Hall–Kier alpha value is -3.84. The van der Waals surface area contributed by atoms with E-state index in [-0.39, 0.29) is 6.03 Å². The van der Waals surface area contributed by atoms with Crippen molar-refractivity contribution in [2.75, 3.05) is 29.6 Å². The fourth-order valence-corrected chi connectivity index (χ4v) is 3.15. The van der Waals surface area contributed by atoms with Crippen molar-refractivity contribution in [3.05, 3.63) is 78.1 Å². The molecular weight excluding hydrogens is 414 g/mol. The lowest BCUT2D eigenvalue weighted by Gasteiger charge is -2.13. The van der Waals surface area contributed by atoms with Crippen LogP contribution in [-0.2, 0) is 0 Å². The lowest BCUT2D eigenvalue weighted by atomic mass is 10.2. The van der Waals surface area contributed by atoms with Gasteiger partial charge in [0.25, 0.3) is 0 Å². The average Bonchev–Trinajstić information content (AvgIpc) is 2.75. The number of carbonyl (C=O) groups is 1. The highest BCUT2D eigenvalue weighted by atomic mass is 35.5. The second kappa shape index (κ2) is 8.89. The number of ether oxygens (including phenoxy) is 1. The zero-order valence-electron chi connectivity index (χ0n) is 17.0. The molecule has 3 aromatic carbocycles. The van der Waals surface area contributed by atoms with Gasteiger partial charge in [-0.2, -0.15) is 0 Å². The third-order valence-corrected chi connectivity index (χ3v) is 4.74. The van der Waals surface area contributed by atoms with Gasteiger partial charge in [-0.1, -0.05) is 17.7 Å². The van der Waals surface area contributed by atoms with E-state index in [0.717, 1.165) is 16.6 Å². The van der Waals surface area contributed by atoms with Crippen molar-refractivity contribution in [3.8, 4) is 11.6 Å². The number of fused-ring (bicyclic) bond motifs is 1. The number of carbonyl (C=O) groups excluding carboxylic acids is 1. The van der Waals surface area contributed by atoms with Crippen molar-refractivity contribution in [1.82, 2.24) is 9.97 Å². The van der Waals surface area contributed by atoms with E-state index in [2.05, 4.69) is 20.6 Å². The third-order valence-electron chi connectivity index (χ3n) is 4.51. The smallest absolute Gasteiger partial charge is 0.323 e. The van der Waals surface area contributed by atoms with Crippen molar-refractivity contribution in [2.45, 2.75) is 0 Å². The largest absolute Gasteiger partial charge is 0.438 e. The number of rotatable bonds is 5. The Morgan fingerprint density at radius 1 is 0.935 bits per heavy atom. The Bertz CT molecular complexity index is 1230. The predicted molar refractivity (Wildman–Crippen MR) is 124 cm³/mol. The van der Waals surface area contributed by atoms with E-state index < -0.39 is 0 Å². The summed E-state index contributed by atoms with van der Waals surface area (Å²) in [5.41, 5.74) is 3.07. The Morgan fingerprint density at radius 3 is 2.45 bits per heavy atom. The van der Waals surface area contributed by atoms with Gasteiger partial charge in [-0.15, -0.1) is 0 Å². The van der Waals surface area contributed by atoms with Gasteiger partial charge in [-0.25, -0.2) is 14.8 Å². The van der Waals surface area contributed by atoms with Crippen LogP contribution in [0.1, 0.15) is 0 Å². The average molecular weight is 434 g/mol. The lowest BCUT2D eigenvalue weighted by molar-refractivity contribution is 0.262. The molecule has 0 bridgehead atoms. The summed E-state index contributed by atoms with van der Waals surface area (Å²) in [7, 11) is 3.95. The summed E-state index contributed by atoms with van der Waals surface area (Å²) < 4.78 is 5.95. The van der Waals surface area contributed by atoms with Crippen LogP contribution in [0.15, 0.2) is 73.1 Å². The zero-order chi connectivity index (χ0) is 21.8. The first kappa shape index (κ1) is 20.4. The molecule has 0 aliphatic carbocycles. The van der Waals surface area contributed by atoms with E-state index >= 15 is 0 Å². The van der Waals surface area contributed by atoms with Gasteiger partial charge in [-0.05, 0) is 60.7 Å². The zero-order valence-corrected chi connectivity index (χ0v) is 17.7. The van der Waals surface area contributed by atoms with Gasteiger partial charge in [0, 0.05) is 36.2 Å². The molecule has 2 N–H and O–H groups in total. The van der Waals surface area contributed by atoms with Crippen LogP contribution in [0.4, 0.5) is 21.9 Å². The van der Waals surface area contributed by atoms with Crippen molar-refractivity contribution in [1.29, 1.82) is 0 Å². The molecule has 8 heteroatoms. The molecule has 0 radical (unpaired) electrons. The van der Waals surface area contributed by atoms with Gasteiger partial charge < -0.3 is 20.3 Å². The molecule has 2 amide bonds. The molecule has 0 unspecified atom stereocenters. The molecule has 4 rings (SSSR count). The fourth-order valence-electron chi connectivity index (χ4n) is 2.96. The van der Waals surface area contributed by atoms with Crippen LogP contribution < -0.4 is 20.3 Å². The van der Waals surface area contributed by atoms with Crippen LogP contribution in [0.5, 0.6) is 11.6 Å². The van der Waals surface area contributed by atoms with Crippen LogP contribution in [0, 0.1) is 0 Å². The molecule has 1 aromatic heterocycles. The molecule has 0 spiro atoms. The number of amides is 2. The Morgan fingerprint density at radius 2 is 1.71 bits per heavy atom. The Kier molecular flexibility index (Phi) is 5.86. The van der Waals surface area contributed by atoms with Crippen molar-refractivity contribution in [3.63, 3.8) is 0 Å². The summed E-state index contributed by atoms with van der Waals surface area (Å²) in [5.74, 6) is 1.06. The van der Waals surface area contributed by atoms with Gasteiger partial charge in [-0.3, -0.25) is 0 Å². The van der Waals surface area contributed by atoms with E-state index in [1.54, 1.807) is 48.5 Å². The van der Waals surface area contributed by atoms with E-state index in [4.69, 9.17) is 16.3 Å². The van der Waals surface area contributed by atoms with Crippen LogP contribution in [0.3, 0.4) is 0 Å². The SMILES string of the molecule is CN(C)c1ccc2c(Oc3ccc(NC(=O)Nc4cccc(Cl)c4)cc3)ncnc2c1. The number of aromatic nitrogens is 2. The normalized spacial score (nSPS) is 10.5. The number of benzene rings is 3. The first-order valence-corrected chi connectivity index (χ1v) is 9.89. The molecule has 0 saturated carbocycles. The van der Waals surface area contributed by atoms with Gasteiger partial charge >= 0.3 is 6.03 Å². The third kappa shape index (κ3) is 5.02. The first-order chi connectivity index (χ1) is 15.0. The summed E-state index contributed by atoms with van der Waals surface area (Å²) in [6.07, 6.45) is 1.48. The molecule has 31 heavy (non-hydrogen) atoms. The lowest BCUT2D eigenvalue weighted by Crippen LogP contribution is -2.19. The minimum atomic E-state index is -0.366. The summed E-state index contributed by atoms with van der Waals surface area (Å²) in [5, 5.41) is 6.87. The van der Waals surface area contributed by atoms with E-state index in [1.807, 2.05) is 37.2 Å². The molecule has 156 valence electrons. The first-order valence-electron chi connectivity index (χ1n) is 9.51. The number of urea groups is 1. The van der Waals surface area contributed by atoms with Gasteiger partial charge in [0.15, 0.2) is 0 Å². The second-order valence-electron chi connectivity index (χ2n) is 6.99. The number of halogens is 1. The topological polar surface area (TPSA) is 79.4 Å². The molecule has 0 saturated heterocycles. The Balaban J connectivity index is 1.44. The summed E-state index contributed by atoms with van der Waals surface area (Å²) in [6, 6.07) is 19.5. The molecule has 0 fully saturated rings. The second-order valence-corrected chi connectivity index (χ2v) is 7.43. The number of hydrogen-bond donors (Lipinski definition) is 2. The van der Waals surface area contributed by atoms with Crippen LogP contribution in [0.25, 0.3) is 10.9 Å². The highest BCUT2D eigenvalue weighted by Gasteiger charge is 2.09. The fraction of sp³-hybridized carbons (Fsp3) is 0.0870. The van der Waals surface area contributed by atoms with E-state index in [0.29, 0.717) is 28.0 Å². The molecule has 7 nitrogen and oxygen atoms in total. The molecule has 0 aliphatic heterocycles. The maximum Gasteiger partial charge on any atom is 0.323 e. The molecule has 0 aliphatic rings. The molecule has 4 aromatic rings. The van der Waals surface area contributed by atoms with Gasteiger partial charge in [0.2, 0.25) is 5.88 Å². The number of hydrogen-bond acceptors (Lipinski definition) is 5. The highest BCUT2D eigenvalue weighted by Crippen LogP contribution is 2.29. The maximum atomic E-state index is 12.2. The predicted octanol–water partition coefficient (Wildman–Crippen LogP) is 5.79. The molecule has 1 heterocycles. The number of anilines is 3. The minimum absolute atomic E-state index is 0.366.